The number of rotatable bonds is 6. The minimum absolute atomic E-state index is 0.0967. The average molecular weight is 341 g/mol. The van der Waals surface area contributed by atoms with Crippen LogP contribution >= 0.6 is 11.3 Å². The number of aromatic nitrogens is 1. The Labute approximate surface area is 137 Å². The molecule has 0 saturated carbocycles. The number of nitrogens with two attached hydrogens (primary N) is 2. The molecule has 23 heavy (non-hydrogen) atoms. The van der Waals surface area contributed by atoms with Crippen LogP contribution in [0, 0.1) is 5.92 Å². The summed E-state index contributed by atoms with van der Waals surface area (Å²) in [7, 11) is 0. The second kappa shape index (κ2) is 7.88. The van der Waals surface area contributed by atoms with Gasteiger partial charge in [-0.25, -0.2) is 9.78 Å². The number of amides is 1. The molecule has 1 amide bonds. The first-order valence-corrected chi connectivity index (χ1v) is 7.97. The van der Waals surface area contributed by atoms with Gasteiger partial charge in [-0.3, -0.25) is 4.79 Å². The molecule has 10 heteroatoms. The van der Waals surface area contributed by atoms with Gasteiger partial charge in [0.05, 0.1) is 6.61 Å². The highest BCUT2D eigenvalue weighted by Gasteiger charge is 2.25. The lowest BCUT2D eigenvalue weighted by Crippen LogP contribution is -2.39. The maximum Gasteiger partial charge on any atom is 0.329 e. The third-order valence-electron chi connectivity index (χ3n) is 3.42. The van der Waals surface area contributed by atoms with E-state index < -0.39 is 5.97 Å². The monoisotopic (exact) mass is 341 g/mol. The van der Waals surface area contributed by atoms with Gasteiger partial charge in [-0.2, -0.15) is 4.99 Å². The van der Waals surface area contributed by atoms with Crippen molar-refractivity contribution in [1.29, 1.82) is 0 Å². The lowest BCUT2D eigenvalue weighted by atomic mass is 9.97. The van der Waals surface area contributed by atoms with Gasteiger partial charge in [0, 0.05) is 18.5 Å². The Morgan fingerprint density at radius 3 is 2.74 bits per heavy atom. The van der Waals surface area contributed by atoms with Crippen LogP contribution in [0.2, 0.25) is 0 Å². The number of aliphatic imine (C=N–C) groups is 1. The van der Waals surface area contributed by atoms with Crippen molar-refractivity contribution in [2.24, 2.45) is 22.4 Å². The van der Waals surface area contributed by atoms with E-state index in [2.05, 4.69) is 9.98 Å². The summed E-state index contributed by atoms with van der Waals surface area (Å²) in [4.78, 5) is 32.4. The second-order valence-electron chi connectivity index (χ2n) is 5.20. The Balaban J connectivity index is 1.82. The number of hydrogen-bond donors (Lipinski definition) is 3. The summed E-state index contributed by atoms with van der Waals surface area (Å²) in [5.41, 5.74) is 10.9. The number of carbonyl (C=O) groups is 2. The zero-order valence-corrected chi connectivity index (χ0v) is 13.3. The molecule has 0 unspecified atom stereocenters. The summed E-state index contributed by atoms with van der Waals surface area (Å²) >= 11 is 1.20. The summed E-state index contributed by atoms with van der Waals surface area (Å²) in [6.45, 7) is 1.30. The molecule has 0 spiro atoms. The number of likely N-dealkylation sites (tertiary alicyclic amines) is 1. The van der Waals surface area contributed by atoms with Gasteiger partial charge in [0.2, 0.25) is 5.13 Å². The molecule has 0 atom stereocenters. The number of nitrogens with zero attached hydrogens (tertiary/aromatic N) is 3. The molecule has 2 rings (SSSR count). The number of aliphatic carboxylic acids is 1. The summed E-state index contributed by atoms with van der Waals surface area (Å²) in [6.07, 6.45) is 1.55. The minimum Gasteiger partial charge on any atom is -0.480 e. The van der Waals surface area contributed by atoms with E-state index in [9.17, 15) is 9.59 Å². The molecule has 126 valence electrons. The van der Waals surface area contributed by atoms with Gasteiger partial charge in [-0.1, -0.05) is 0 Å². The molecule has 0 aromatic carbocycles. The van der Waals surface area contributed by atoms with Crippen molar-refractivity contribution in [1.82, 2.24) is 9.88 Å². The molecule has 1 aliphatic rings. The van der Waals surface area contributed by atoms with Crippen molar-refractivity contribution in [3.63, 3.8) is 0 Å². The Bertz CT molecular complexity index is 591. The highest BCUT2D eigenvalue weighted by atomic mass is 32.1. The quantitative estimate of drug-likeness (QED) is 0.488. The molecule has 9 nitrogen and oxygen atoms in total. The first kappa shape index (κ1) is 17.2. The molecule has 1 aromatic heterocycles. The number of thiazole rings is 1. The predicted octanol–water partition coefficient (Wildman–Crippen LogP) is 0.00140. The van der Waals surface area contributed by atoms with Crippen LogP contribution in [0.15, 0.2) is 10.4 Å². The highest BCUT2D eigenvalue weighted by molar-refractivity contribution is 7.13. The zero-order chi connectivity index (χ0) is 16.8. The van der Waals surface area contributed by atoms with Crippen LogP contribution in [-0.2, 0) is 9.53 Å². The molecule has 1 saturated heterocycles. The fraction of sp³-hybridized carbons (Fsp3) is 0.538. The Morgan fingerprint density at radius 2 is 2.13 bits per heavy atom. The topological polar surface area (TPSA) is 144 Å². The van der Waals surface area contributed by atoms with Gasteiger partial charge < -0.3 is 26.2 Å². The molecule has 1 fully saturated rings. The standard InChI is InChI=1S/C13H19N5O4S/c14-12(15)17-13-16-9(7-23-13)11(21)18-3-1-8(2-4-18)5-22-6-10(19)20/h7-8H,1-6H2,(H,19,20)(H4,14,15,16,17). The lowest BCUT2D eigenvalue weighted by molar-refractivity contribution is -0.142. The van der Waals surface area contributed by atoms with Gasteiger partial charge in [0.1, 0.15) is 12.3 Å². The molecule has 5 N–H and O–H groups in total. The van der Waals surface area contributed by atoms with Crippen LogP contribution in [0.1, 0.15) is 23.3 Å². The summed E-state index contributed by atoms with van der Waals surface area (Å²) in [6, 6.07) is 0. The Kier molecular flexibility index (Phi) is 5.88. The van der Waals surface area contributed by atoms with E-state index in [0.717, 1.165) is 12.8 Å². The molecule has 1 aliphatic heterocycles. The highest BCUT2D eigenvalue weighted by Crippen LogP contribution is 2.22. The maximum atomic E-state index is 12.4. The lowest BCUT2D eigenvalue weighted by Gasteiger charge is -2.31. The largest absolute Gasteiger partial charge is 0.480 e. The van der Waals surface area contributed by atoms with E-state index in [1.165, 1.54) is 11.3 Å². The van der Waals surface area contributed by atoms with Gasteiger partial charge in [0.15, 0.2) is 5.96 Å². The second-order valence-corrected chi connectivity index (χ2v) is 6.03. The molecular formula is C13H19N5O4S. The number of guanidine groups is 1. The number of ether oxygens (including phenoxy) is 1. The van der Waals surface area contributed by atoms with E-state index in [-0.39, 0.29) is 24.4 Å². The van der Waals surface area contributed by atoms with Gasteiger partial charge in [0.25, 0.3) is 5.91 Å². The van der Waals surface area contributed by atoms with Crippen molar-refractivity contribution in [3.8, 4) is 0 Å². The smallest absolute Gasteiger partial charge is 0.329 e. The number of carboxylic acid groups (broad SMARTS) is 1. The van der Waals surface area contributed by atoms with Crippen LogP contribution < -0.4 is 11.5 Å². The number of carbonyl (C=O) groups excluding carboxylic acids is 1. The number of hydrogen-bond acceptors (Lipinski definition) is 6. The summed E-state index contributed by atoms with van der Waals surface area (Å²) < 4.78 is 5.10. The third kappa shape index (κ3) is 5.18. The van der Waals surface area contributed by atoms with Gasteiger partial charge >= 0.3 is 5.97 Å². The van der Waals surface area contributed by atoms with Crippen LogP contribution in [0.25, 0.3) is 0 Å². The fourth-order valence-electron chi connectivity index (χ4n) is 2.30. The SMILES string of the molecule is NC(N)=Nc1nc(C(=O)N2CCC(COCC(=O)O)CC2)cs1. The molecule has 0 aliphatic carbocycles. The van der Waals surface area contributed by atoms with E-state index >= 15 is 0 Å². The van der Waals surface area contributed by atoms with Crippen LogP contribution in [0.5, 0.6) is 0 Å². The van der Waals surface area contributed by atoms with Crippen molar-refractivity contribution < 1.29 is 19.4 Å². The van der Waals surface area contributed by atoms with E-state index in [1.807, 2.05) is 0 Å². The fourth-order valence-corrected chi connectivity index (χ4v) is 2.98. The van der Waals surface area contributed by atoms with E-state index in [0.29, 0.717) is 30.5 Å². The normalized spacial score (nSPS) is 15.4. The van der Waals surface area contributed by atoms with Crippen molar-refractivity contribution >= 4 is 34.3 Å². The Hall–Kier alpha value is -2.20. The van der Waals surface area contributed by atoms with Crippen molar-refractivity contribution in [2.75, 3.05) is 26.3 Å². The van der Waals surface area contributed by atoms with Crippen LogP contribution in [-0.4, -0.2) is 59.1 Å². The van der Waals surface area contributed by atoms with Gasteiger partial charge in [-0.15, -0.1) is 11.3 Å². The van der Waals surface area contributed by atoms with E-state index in [4.69, 9.17) is 21.3 Å². The van der Waals surface area contributed by atoms with Crippen molar-refractivity contribution in [3.05, 3.63) is 11.1 Å². The van der Waals surface area contributed by atoms with E-state index in [1.54, 1.807) is 10.3 Å². The third-order valence-corrected chi connectivity index (χ3v) is 4.15. The first-order valence-electron chi connectivity index (χ1n) is 7.09. The average Bonchev–Trinajstić information content (AvgIpc) is 2.94. The first-order chi connectivity index (χ1) is 11.0. The van der Waals surface area contributed by atoms with Crippen LogP contribution in [0.3, 0.4) is 0 Å². The molecule has 2 heterocycles. The van der Waals surface area contributed by atoms with Crippen molar-refractivity contribution in [2.45, 2.75) is 12.8 Å². The van der Waals surface area contributed by atoms with Crippen LogP contribution in [0.4, 0.5) is 5.13 Å². The minimum atomic E-state index is -0.974. The summed E-state index contributed by atoms with van der Waals surface area (Å²) in [5.74, 6) is -0.951. The summed E-state index contributed by atoms with van der Waals surface area (Å²) in [5, 5.41) is 10.5. The zero-order valence-electron chi connectivity index (χ0n) is 12.5. The molecular weight excluding hydrogens is 322 g/mol. The Morgan fingerprint density at radius 1 is 1.43 bits per heavy atom. The molecule has 0 bridgehead atoms. The molecule has 1 aromatic rings. The predicted molar refractivity (Wildman–Crippen MR) is 84.7 cm³/mol. The van der Waals surface area contributed by atoms with Gasteiger partial charge in [-0.05, 0) is 18.8 Å². The number of piperidine rings is 1. The molecule has 0 radical (unpaired) electrons. The maximum absolute atomic E-state index is 12.4. The number of carboxylic acids is 1.